The van der Waals surface area contributed by atoms with E-state index in [9.17, 15) is 8.78 Å². The molecule has 2 aromatic carbocycles. The van der Waals surface area contributed by atoms with E-state index < -0.39 is 11.6 Å². The first-order chi connectivity index (χ1) is 10.1. The largest absolute Gasteiger partial charge is 0.485 e. The van der Waals surface area contributed by atoms with Crippen molar-refractivity contribution in [1.29, 1.82) is 0 Å². The monoisotopic (exact) mass is 311 g/mol. The van der Waals surface area contributed by atoms with E-state index in [0.29, 0.717) is 12.1 Å². The van der Waals surface area contributed by atoms with Crippen molar-refractivity contribution < 1.29 is 13.5 Å². The van der Waals surface area contributed by atoms with Crippen LogP contribution in [0.15, 0.2) is 36.4 Å². The third-order valence-electron chi connectivity index (χ3n) is 3.04. The second-order valence-corrected chi connectivity index (χ2v) is 4.90. The molecule has 0 aliphatic carbocycles. The van der Waals surface area contributed by atoms with Crippen molar-refractivity contribution in [1.82, 2.24) is 5.32 Å². The highest BCUT2D eigenvalue weighted by molar-refractivity contribution is 6.31. The van der Waals surface area contributed by atoms with Gasteiger partial charge in [0, 0.05) is 17.7 Å². The summed E-state index contributed by atoms with van der Waals surface area (Å²) in [5.74, 6) is -0.817. The Kier molecular flexibility index (Phi) is 5.53. The van der Waals surface area contributed by atoms with E-state index in [1.54, 1.807) is 18.2 Å². The molecule has 0 bridgehead atoms. The van der Waals surface area contributed by atoms with E-state index >= 15 is 0 Å². The first-order valence-electron chi connectivity index (χ1n) is 6.67. The maximum atomic E-state index is 13.9. The van der Waals surface area contributed by atoms with E-state index in [1.807, 2.05) is 6.92 Å². The van der Waals surface area contributed by atoms with Crippen LogP contribution < -0.4 is 10.1 Å². The van der Waals surface area contributed by atoms with Gasteiger partial charge in [-0.05, 0) is 24.7 Å². The van der Waals surface area contributed by atoms with Crippen LogP contribution in [0.25, 0.3) is 0 Å². The minimum absolute atomic E-state index is 0.119. The Labute approximate surface area is 127 Å². The molecule has 1 N–H and O–H groups in total. The van der Waals surface area contributed by atoms with Crippen molar-refractivity contribution in [3.8, 4) is 5.75 Å². The summed E-state index contributed by atoms with van der Waals surface area (Å²) in [6.45, 7) is 3.08. The van der Waals surface area contributed by atoms with E-state index in [4.69, 9.17) is 16.3 Å². The number of hydrogen-bond donors (Lipinski definition) is 1. The normalized spacial score (nSPS) is 10.7. The summed E-state index contributed by atoms with van der Waals surface area (Å²) in [5.41, 5.74) is 0.904. The molecule has 0 spiro atoms. The number of halogens is 3. The molecule has 0 fully saturated rings. The number of para-hydroxylation sites is 1. The maximum absolute atomic E-state index is 13.9. The van der Waals surface area contributed by atoms with Crippen LogP contribution in [-0.4, -0.2) is 6.54 Å². The van der Waals surface area contributed by atoms with Gasteiger partial charge in [0.15, 0.2) is 11.6 Å². The van der Waals surface area contributed by atoms with Gasteiger partial charge < -0.3 is 10.1 Å². The van der Waals surface area contributed by atoms with Crippen molar-refractivity contribution >= 4 is 11.6 Å². The zero-order valence-electron chi connectivity index (χ0n) is 11.6. The second-order valence-electron chi connectivity index (χ2n) is 4.50. The smallest absolute Gasteiger partial charge is 0.165 e. The summed E-state index contributed by atoms with van der Waals surface area (Å²) in [4.78, 5) is 0. The molecule has 0 aliphatic rings. The Balaban J connectivity index is 2.19. The molecule has 0 saturated heterocycles. The van der Waals surface area contributed by atoms with Crippen LogP contribution in [0.2, 0.25) is 5.02 Å². The Bertz CT molecular complexity index is 599. The predicted molar refractivity (Wildman–Crippen MR) is 79.5 cm³/mol. The van der Waals surface area contributed by atoms with Crippen molar-refractivity contribution in [3.63, 3.8) is 0 Å². The topological polar surface area (TPSA) is 21.3 Å². The van der Waals surface area contributed by atoms with Crippen molar-refractivity contribution in [2.45, 2.75) is 20.1 Å². The highest BCUT2D eigenvalue weighted by Crippen LogP contribution is 2.26. The van der Waals surface area contributed by atoms with E-state index in [-0.39, 0.29) is 22.9 Å². The summed E-state index contributed by atoms with van der Waals surface area (Å²) < 4.78 is 33.1. The summed E-state index contributed by atoms with van der Waals surface area (Å²) in [6.07, 6.45) is 0. The molecule has 2 nitrogen and oxygen atoms in total. The van der Waals surface area contributed by atoms with Crippen LogP contribution in [0.1, 0.15) is 18.1 Å². The first-order valence-corrected chi connectivity index (χ1v) is 7.05. The molecule has 0 aromatic heterocycles. The van der Waals surface area contributed by atoms with Crippen LogP contribution in [0, 0.1) is 11.6 Å². The molecular formula is C16H16ClF2NO. The molecule has 0 saturated carbocycles. The number of nitrogens with one attached hydrogen (secondary N) is 1. The Morgan fingerprint density at radius 2 is 1.81 bits per heavy atom. The highest BCUT2D eigenvalue weighted by Gasteiger charge is 2.13. The number of ether oxygens (including phenoxy) is 1. The van der Waals surface area contributed by atoms with E-state index in [2.05, 4.69) is 5.32 Å². The lowest BCUT2D eigenvalue weighted by molar-refractivity contribution is 0.281. The van der Waals surface area contributed by atoms with Gasteiger partial charge in [-0.3, -0.25) is 0 Å². The second kappa shape index (κ2) is 7.38. The van der Waals surface area contributed by atoms with Crippen molar-refractivity contribution in [2.24, 2.45) is 0 Å². The van der Waals surface area contributed by atoms with Gasteiger partial charge in [0.2, 0.25) is 0 Å². The zero-order chi connectivity index (χ0) is 15.2. The first kappa shape index (κ1) is 15.7. The number of rotatable bonds is 6. The summed E-state index contributed by atoms with van der Waals surface area (Å²) in [6, 6.07) is 9.08. The lowest BCUT2D eigenvalue weighted by Gasteiger charge is -2.13. The quantitative estimate of drug-likeness (QED) is 0.858. The van der Waals surface area contributed by atoms with Crippen molar-refractivity contribution in [2.75, 3.05) is 6.54 Å². The summed E-state index contributed by atoms with van der Waals surface area (Å²) in [7, 11) is 0. The lowest BCUT2D eigenvalue weighted by atomic mass is 10.2. The standard InChI is InChI=1S/C16H16ClF2NO/c1-2-20-9-11-5-3-8-15(19)16(11)21-10-12-13(17)6-4-7-14(12)18/h3-8,20H,2,9-10H2,1H3. The molecule has 0 aliphatic heterocycles. The Hall–Kier alpha value is -1.65. The summed E-state index contributed by atoms with van der Waals surface area (Å²) >= 11 is 5.93. The fourth-order valence-electron chi connectivity index (χ4n) is 1.93. The molecule has 0 atom stereocenters. The van der Waals surface area contributed by atoms with Gasteiger partial charge in [-0.2, -0.15) is 0 Å². The van der Waals surface area contributed by atoms with Crippen molar-refractivity contribution in [3.05, 3.63) is 64.2 Å². The van der Waals surface area contributed by atoms with Crippen LogP contribution in [0.4, 0.5) is 8.78 Å². The van der Waals surface area contributed by atoms with Gasteiger partial charge >= 0.3 is 0 Å². The average molecular weight is 312 g/mol. The molecule has 21 heavy (non-hydrogen) atoms. The third-order valence-corrected chi connectivity index (χ3v) is 3.39. The molecule has 0 heterocycles. The minimum Gasteiger partial charge on any atom is -0.485 e. The lowest BCUT2D eigenvalue weighted by Crippen LogP contribution is -2.13. The zero-order valence-corrected chi connectivity index (χ0v) is 12.4. The van der Waals surface area contributed by atoms with Gasteiger partial charge in [-0.25, -0.2) is 8.78 Å². The molecule has 0 radical (unpaired) electrons. The van der Waals surface area contributed by atoms with E-state index in [1.165, 1.54) is 18.2 Å². The predicted octanol–water partition coefficient (Wildman–Crippen LogP) is 4.31. The number of benzene rings is 2. The van der Waals surface area contributed by atoms with Gasteiger partial charge in [0.25, 0.3) is 0 Å². The van der Waals surface area contributed by atoms with Crippen LogP contribution in [0.5, 0.6) is 5.75 Å². The molecular weight excluding hydrogens is 296 g/mol. The Morgan fingerprint density at radius 3 is 2.52 bits per heavy atom. The minimum atomic E-state index is -0.474. The van der Waals surface area contributed by atoms with Gasteiger partial charge in [-0.1, -0.05) is 36.7 Å². The number of hydrogen-bond acceptors (Lipinski definition) is 2. The fourth-order valence-corrected chi connectivity index (χ4v) is 2.15. The highest BCUT2D eigenvalue weighted by atomic mass is 35.5. The van der Waals surface area contributed by atoms with Gasteiger partial charge in [-0.15, -0.1) is 0 Å². The van der Waals surface area contributed by atoms with Crippen LogP contribution in [-0.2, 0) is 13.2 Å². The third kappa shape index (κ3) is 3.93. The molecule has 112 valence electrons. The average Bonchev–Trinajstić information content (AvgIpc) is 2.46. The maximum Gasteiger partial charge on any atom is 0.165 e. The van der Waals surface area contributed by atoms with Gasteiger partial charge in [0.05, 0.1) is 5.02 Å². The molecule has 0 amide bonds. The SMILES string of the molecule is CCNCc1cccc(F)c1OCc1c(F)cccc1Cl. The van der Waals surface area contributed by atoms with E-state index in [0.717, 1.165) is 6.54 Å². The Morgan fingerprint density at radius 1 is 1.10 bits per heavy atom. The fraction of sp³-hybridized carbons (Fsp3) is 0.250. The molecule has 2 rings (SSSR count). The van der Waals surface area contributed by atoms with Crippen LogP contribution in [0.3, 0.4) is 0 Å². The molecule has 5 heteroatoms. The van der Waals surface area contributed by atoms with Crippen LogP contribution >= 0.6 is 11.6 Å². The van der Waals surface area contributed by atoms with Gasteiger partial charge in [0.1, 0.15) is 12.4 Å². The summed E-state index contributed by atoms with van der Waals surface area (Å²) in [5, 5.41) is 3.37. The molecule has 0 unspecified atom stereocenters. The molecule has 2 aromatic rings.